The van der Waals surface area contributed by atoms with E-state index in [0.29, 0.717) is 0 Å². The molecule has 0 spiro atoms. The van der Waals surface area contributed by atoms with Crippen LogP contribution in [-0.2, 0) is 5.41 Å². The summed E-state index contributed by atoms with van der Waals surface area (Å²) in [7, 11) is 1.75. The maximum atomic E-state index is 5.51. The van der Waals surface area contributed by atoms with Crippen LogP contribution in [0.4, 0.5) is 0 Å². The minimum Gasteiger partial charge on any atom is -0.496 e. The molecule has 0 aliphatic heterocycles. The molecule has 1 atom stereocenters. The molecule has 0 N–H and O–H groups in total. The van der Waals surface area contributed by atoms with Crippen LogP contribution >= 0.6 is 0 Å². The van der Waals surface area contributed by atoms with E-state index in [1.807, 2.05) is 6.07 Å². The van der Waals surface area contributed by atoms with Crippen LogP contribution in [0, 0.1) is 5.41 Å². The van der Waals surface area contributed by atoms with E-state index in [-0.39, 0.29) is 10.8 Å². The van der Waals surface area contributed by atoms with Crippen molar-refractivity contribution < 1.29 is 4.74 Å². The first-order valence-corrected chi connectivity index (χ1v) is 6.57. The molecular formula is C17H20O. The van der Waals surface area contributed by atoms with Crippen molar-refractivity contribution in [2.75, 3.05) is 7.11 Å². The molecule has 1 nitrogen and oxygen atoms in total. The molecule has 94 valence electrons. The molecule has 18 heavy (non-hydrogen) atoms. The third-order valence-electron chi connectivity index (χ3n) is 4.50. The van der Waals surface area contributed by atoms with Crippen molar-refractivity contribution in [3.63, 3.8) is 0 Å². The van der Waals surface area contributed by atoms with Gasteiger partial charge in [-0.15, -0.1) is 0 Å². The van der Waals surface area contributed by atoms with E-state index in [4.69, 9.17) is 4.74 Å². The average Bonchev–Trinajstić information content (AvgIpc) is 2.64. The van der Waals surface area contributed by atoms with Gasteiger partial charge in [0, 0.05) is 11.0 Å². The number of ether oxygens (including phenoxy) is 1. The molecule has 0 bridgehead atoms. The Morgan fingerprint density at radius 1 is 1.17 bits per heavy atom. The first-order valence-electron chi connectivity index (χ1n) is 6.57. The van der Waals surface area contributed by atoms with E-state index < -0.39 is 0 Å². The molecule has 0 heterocycles. The topological polar surface area (TPSA) is 9.23 Å². The van der Waals surface area contributed by atoms with Crippen LogP contribution in [0.5, 0.6) is 5.75 Å². The highest BCUT2D eigenvalue weighted by Crippen LogP contribution is 2.55. The highest BCUT2D eigenvalue weighted by Gasteiger charge is 2.44. The van der Waals surface area contributed by atoms with E-state index >= 15 is 0 Å². The molecule has 0 radical (unpaired) electrons. The number of rotatable bonds is 1. The molecule has 1 aromatic rings. The number of hydrogen-bond acceptors (Lipinski definition) is 1. The van der Waals surface area contributed by atoms with Crippen molar-refractivity contribution in [1.82, 2.24) is 0 Å². The predicted octanol–water partition coefficient (Wildman–Crippen LogP) is 4.34. The molecule has 0 fully saturated rings. The first kappa shape index (κ1) is 11.6. The minimum absolute atomic E-state index is 0.0472. The molecule has 1 aromatic carbocycles. The summed E-state index contributed by atoms with van der Waals surface area (Å²) in [4.78, 5) is 0. The van der Waals surface area contributed by atoms with Crippen molar-refractivity contribution in [2.45, 2.75) is 32.6 Å². The minimum atomic E-state index is 0.0472. The molecule has 2 aliphatic rings. The monoisotopic (exact) mass is 240 g/mol. The first-order chi connectivity index (χ1) is 8.49. The fourth-order valence-electron chi connectivity index (χ4n) is 3.54. The maximum absolute atomic E-state index is 5.51. The Morgan fingerprint density at radius 2 is 1.94 bits per heavy atom. The smallest absolute Gasteiger partial charge is 0.126 e. The molecule has 0 saturated heterocycles. The van der Waals surface area contributed by atoms with E-state index in [1.165, 1.54) is 16.7 Å². The molecule has 0 saturated carbocycles. The lowest BCUT2D eigenvalue weighted by Crippen LogP contribution is -2.32. The van der Waals surface area contributed by atoms with E-state index in [1.54, 1.807) is 7.11 Å². The van der Waals surface area contributed by atoms with Crippen LogP contribution in [0.3, 0.4) is 0 Å². The van der Waals surface area contributed by atoms with Gasteiger partial charge in [0.2, 0.25) is 0 Å². The quantitative estimate of drug-likeness (QED) is 0.664. The van der Waals surface area contributed by atoms with Crippen LogP contribution in [0.1, 0.15) is 38.3 Å². The summed E-state index contributed by atoms with van der Waals surface area (Å²) >= 11 is 0. The Bertz CT molecular complexity index is 563. The Labute approximate surface area is 109 Å². The third kappa shape index (κ3) is 1.33. The van der Waals surface area contributed by atoms with Gasteiger partial charge in [-0.25, -0.2) is 0 Å². The van der Waals surface area contributed by atoms with Gasteiger partial charge in [-0.1, -0.05) is 38.1 Å². The number of allylic oxidation sites excluding steroid dienone is 3. The molecule has 0 aromatic heterocycles. The number of hydrogen-bond donors (Lipinski definition) is 0. The second-order valence-corrected chi connectivity index (χ2v) is 6.17. The van der Waals surface area contributed by atoms with E-state index in [0.717, 1.165) is 12.2 Å². The van der Waals surface area contributed by atoms with Crippen LogP contribution in [0.25, 0.3) is 6.08 Å². The summed E-state index contributed by atoms with van der Waals surface area (Å²) in [6, 6.07) is 6.37. The zero-order chi connectivity index (χ0) is 13.0. The van der Waals surface area contributed by atoms with Gasteiger partial charge >= 0.3 is 0 Å². The maximum Gasteiger partial charge on any atom is 0.126 e. The molecule has 1 heteroatoms. The largest absolute Gasteiger partial charge is 0.496 e. The predicted molar refractivity (Wildman–Crippen MR) is 75.9 cm³/mol. The van der Waals surface area contributed by atoms with Crippen LogP contribution in [0.2, 0.25) is 0 Å². The van der Waals surface area contributed by atoms with E-state index in [2.05, 4.69) is 51.1 Å². The van der Waals surface area contributed by atoms with Crippen LogP contribution in [0.15, 0.2) is 35.9 Å². The highest BCUT2D eigenvalue weighted by atomic mass is 16.5. The summed E-state index contributed by atoms with van der Waals surface area (Å²) in [6.45, 7) is 6.99. The lowest BCUT2D eigenvalue weighted by atomic mass is 9.64. The lowest BCUT2D eigenvalue weighted by Gasteiger charge is -2.40. The summed E-state index contributed by atoms with van der Waals surface area (Å²) < 4.78 is 5.51. The van der Waals surface area contributed by atoms with Gasteiger partial charge in [-0.3, -0.25) is 0 Å². The normalized spacial score (nSPS) is 27.4. The average molecular weight is 240 g/mol. The van der Waals surface area contributed by atoms with Crippen LogP contribution < -0.4 is 4.74 Å². The Morgan fingerprint density at radius 3 is 2.67 bits per heavy atom. The summed E-state index contributed by atoms with van der Waals surface area (Å²) in [5.41, 5.74) is 4.43. The summed E-state index contributed by atoms with van der Waals surface area (Å²) in [5, 5.41) is 0. The van der Waals surface area contributed by atoms with Crippen molar-refractivity contribution in [2.24, 2.45) is 5.41 Å². The molecule has 3 rings (SSSR count). The van der Waals surface area contributed by atoms with Crippen molar-refractivity contribution in [3.8, 4) is 5.75 Å². The Balaban J connectivity index is 2.28. The zero-order valence-corrected chi connectivity index (χ0v) is 11.6. The fraction of sp³-hybridized carbons (Fsp3) is 0.412. The van der Waals surface area contributed by atoms with Crippen LogP contribution in [-0.4, -0.2) is 7.11 Å². The molecule has 2 aliphatic carbocycles. The second-order valence-electron chi connectivity index (χ2n) is 6.17. The highest BCUT2D eigenvalue weighted by molar-refractivity contribution is 5.76. The molecule has 1 unspecified atom stereocenters. The Hall–Kier alpha value is -1.50. The van der Waals surface area contributed by atoms with Gasteiger partial charge in [0.1, 0.15) is 5.75 Å². The van der Waals surface area contributed by atoms with Gasteiger partial charge in [-0.05, 0) is 42.0 Å². The number of benzene rings is 1. The number of fused-ring (bicyclic) bond motifs is 3. The van der Waals surface area contributed by atoms with Crippen molar-refractivity contribution >= 4 is 6.08 Å². The van der Waals surface area contributed by atoms with Gasteiger partial charge in [0.15, 0.2) is 0 Å². The standard InChI is InChI=1S/C17H20O/c1-16(2)9-6-10-17(3)13-7-5-8-14(18-4)12(13)11-15(16)17/h5-8,10-11H,9H2,1-4H3. The lowest BCUT2D eigenvalue weighted by molar-refractivity contribution is 0.388. The molecule has 0 amide bonds. The fourth-order valence-corrected chi connectivity index (χ4v) is 3.54. The Kier molecular flexibility index (Phi) is 2.25. The van der Waals surface area contributed by atoms with Gasteiger partial charge < -0.3 is 4.74 Å². The van der Waals surface area contributed by atoms with Crippen molar-refractivity contribution in [1.29, 1.82) is 0 Å². The summed E-state index contributed by atoms with van der Waals surface area (Å²) in [5.74, 6) is 0.986. The zero-order valence-electron chi connectivity index (χ0n) is 11.6. The second kappa shape index (κ2) is 3.50. The molecular weight excluding hydrogens is 220 g/mol. The summed E-state index contributed by atoms with van der Waals surface area (Å²) in [6.07, 6.45) is 8.14. The van der Waals surface area contributed by atoms with Crippen molar-refractivity contribution in [3.05, 3.63) is 47.1 Å². The van der Waals surface area contributed by atoms with Gasteiger partial charge in [0.05, 0.1) is 7.11 Å². The number of methoxy groups -OCH3 is 1. The SMILES string of the molecule is COc1cccc2c1C=C1C(C)(C)CC=CC12C. The van der Waals surface area contributed by atoms with Gasteiger partial charge in [0.25, 0.3) is 0 Å². The van der Waals surface area contributed by atoms with Gasteiger partial charge in [-0.2, -0.15) is 0 Å². The van der Waals surface area contributed by atoms with E-state index in [9.17, 15) is 0 Å². The third-order valence-corrected chi connectivity index (χ3v) is 4.50.